The van der Waals surface area contributed by atoms with Crippen molar-refractivity contribution in [1.29, 1.82) is 0 Å². The molecule has 67 heavy (non-hydrogen) atoms. The maximum absolute atomic E-state index is 12.3. The quantitative estimate of drug-likeness (QED) is 0.0374. The van der Waals surface area contributed by atoms with Crippen LogP contribution in [0.1, 0.15) is 108 Å². The molecule has 1 aromatic heterocycles. The van der Waals surface area contributed by atoms with Gasteiger partial charge in [-0.1, -0.05) is 35.4 Å². The van der Waals surface area contributed by atoms with Gasteiger partial charge in [0.1, 0.15) is 10.4 Å². The molecular weight excluding hydrogens is 943 g/mol. The second kappa shape index (κ2) is 29.5. The van der Waals surface area contributed by atoms with Crippen LogP contribution in [0.3, 0.4) is 0 Å². The summed E-state index contributed by atoms with van der Waals surface area (Å²) in [5.74, 6) is -2.19. The lowest BCUT2D eigenvalue weighted by molar-refractivity contribution is -0.146. The normalized spacial score (nSPS) is 14.8. The molecule has 13 nitrogen and oxygen atoms in total. The van der Waals surface area contributed by atoms with Crippen molar-refractivity contribution in [3.05, 3.63) is 119 Å². The maximum Gasteiger partial charge on any atom is 0.416 e. The maximum atomic E-state index is 12.3. The minimum atomic E-state index is -4.42. The van der Waals surface area contributed by atoms with Crippen molar-refractivity contribution in [3.63, 3.8) is 0 Å². The predicted octanol–water partition coefficient (Wildman–Crippen LogP) is 11.8. The summed E-state index contributed by atoms with van der Waals surface area (Å²) < 4.78 is 64.1. The Morgan fingerprint density at radius 3 is 1.82 bits per heavy atom. The first-order chi connectivity index (χ1) is 32.0. The lowest BCUT2D eigenvalue weighted by atomic mass is 9.95. The van der Waals surface area contributed by atoms with Gasteiger partial charge in [-0.15, -0.1) is 6.58 Å². The number of carbonyl (C=O) groups excluding carboxylic acids is 1. The zero-order chi connectivity index (χ0) is 49.2. The molecule has 2 aliphatic rings. The van der Waals surface area contributed by atoms with E-state index in [0.29, 0.717) is 47.7 Å². The number of carbonyl (C=O) groups is 4. The van der Waals surface area contributed by atoms with Crippen LogP contribution in [0.5, 0.6) is 23.0 Å². The number of benzene rings is 2. The van der Waals surface area contributed by atoms with Crippen molar-refractivity contribution in [1.82, 2.24) is 4.98 Å². The molecule has 3 aromatic rings. The van der Waals surface area contributed by atoms with Crippen LogP contribution in [0.4, 0.5) is 13.2 Å². The van der Waals surface area contributed by atoms with Gasteiger partial charge in [-0.05, 0) is 173 Å². The van der Waals surface area contributed by atoms with Crippen LogP contribution < -0.4 is 18.9 Å². The number of aromatic nitrogens is 1. The third kappa shape index (κ3) is 21.0. The first-order valence-corrected chi connectivity index (χ1v) is 22.8. The number of hydrogen-bond donors (Lipinski definition) is 3. The van der Waals surface area contributed by atoms with Crippen LogP contribution in [0, 0.1) is 0 Å². The van der Waals surface area contributed by atoms with Crippen molar-refractivity contribution >= 4 is 45.9 Å². The van der Waals surface area contributed by atoms with E-state index in [4.69, 9.17) is 28.8 Å². The number of aliphatic carboxylic acids is 3. The van der Waals surface area contributed by atoms with Gasteiger partial charge >= 0.3 is 30.1 Å². The molecule has 0 spiro atoms. The van der Waals surface area contributed by atoms with E-state index in [2.05, 4.69) is 39.6 Å². The SMILES string of the molecule is C=CCCC(Oc1ccc(C(F)(F)F)cc1)C(=O)O.CCOC(=O)/C=C/c1ccc(OC(CCC2=CCCCC2)C(=O)O)c(OC)c1.O=C(O)C(CCC1=CCCCC1)Oc1cccnc1Br. The standard InChI is InChI=1S/C22H28O6.C15H18BrNO3.C13H13F3O3/c1-3-27-21(23)14-11-17-10-12-18(20(15-17)26-2)28-19(22(24)25)13-9-16-7-5-4-6-8-16;16-14-12(7-4-10-17-14)20-13(15(18)19)9-8-11-5-2-1-3-6-11;1-2-3-4-11(12(17)18)19-10-7-5-9(6-8-10)13(14,15)16/h7,10-12,14-15,19H,3-6,8-9,13H2,1-2H3,(H,24,25);4-5,7,10,13H,1-3,6,8-9H2,(H,18,19);2,5-8,11H,1,3-4H2,(H,17,18)/b14-11+;;. The third-order valence-electron chi connectivity index (χ3n) is 10.3. The molecule has 0 aliphatic heterocycles. The molecule has 0 saturated heterocycles. The summed E-state index contributed by atoms with van der Waals surface area (Å²) in [5.41, 5.74) is 2.58. The fourth-order valence-electron chi connectivity index (χ4n) is 6.76. The van der Waals surface area contributed by atoms with E-state index in [1.165, 1.54) is 50.0 Å². The number of halogens is 4. The monoisotopic (exact) mass is 1000 g/mol. The first kappa shape index (κ1) is 55.2. The molecule has 3 N–H and O–H groups in total. The smallest absolute Gasteiger partial charge is 0.416 e. The topological polar surface area (TPSA) is 188 Å². The molecule has 2 aliphatic carbocycles. The van der Waals surface area contributed by atoms with E-state index in [1.807, 2.05) is 0 Å². The number of hydrogen-bond acceptors (Lipinski definition) is 10. The molecule has 0 bridgehead atoms. The third-order valence-corrected chi connectivity index (χ3v) is 10.9. The molecule has 0 fully saturated rings. The summed E-state index contributed by atoms with van der Waals surface area (Å²) in [5, 5.41) is 27.7. The molecule has 3 atom stereocenters. The van der Waals surface area contributed by atoms with Gasteiger partial charge < -0.3 is 39.0 Å². The largest absolute Gasteiger partial charge is 0.493 e. The summed E-state index contributed by atoms with van der Waals surface area (Å²) >= 11 is 3.26. The van der Waals surface area contributed by atoms with Crippen LogP contribution in [0.15, 0.2) is 107 Å². The Balaban J connectivity index is 0.000000274. The van der Waals surface area contributed by atoms with Gasteiger partial charge in [0.25, 0.3) is 0 Å². The van der Waals surface area contributed by atoms with Crippen molar-refractivity contribution in [2.45, 2.75) is 121 Å². The summed E-state index contributed by atoms with van der Waals surface area (Å²) in [6.45, 7) is 5.52. The molecule has 17 heteroatoms. The van der Waals surface area contributed by atoms with Gasteiger partial charge in [-0.25, -0.2) is 24.2 Å². The number of carboxylic acid groups (broad SMARTS) is 3. The highest BCUT2D eigenvalue weighted by molar-refractivity contribution is 9.10. The van der Waals surface area contributed by atoms with Crippen molar-refractivity contribution in [2.24, 2.45) is 0 Å². The lowest BCUT2D eigenvalue weighted by Crippen LogP contribution is -2.27. The molecule has 1 heterocycles. The Hall–Kier alpha value is -6.10. The van der Waals surface area contributed by atoms with E-state index in [-0.39, 0.29) is 12.2 Å². The van der Waals surface area contributed by atoms with Crippen LogP contribution in [0.2, 0.25) is 0 Å². The number of rotatable bonds is 22. The highest BCUT2D eigenvalue weighted by atomic mass is 79.9. The Morgan fingerprint density at radius 1 is 0.776 bits per heavy atom. The van der Waals surface area contributed by atoms with E-state index < -0.39 is 53.9 Å². The van der Waals surface area contributed by atoms with Crippen LogP contribution in [0.25, 0.3) is 6.08 Å². The van der Waals surface area contributed by atoms with E-state index in [1.54, 1.807) is 55.6 Å². The summed E-state index contributed by atoms with van der Waals surface area (Å²) in [6, 6.07) is 12.4. The Morgan fingerprint density at radius 2 is 1.34 bits per heavy atom. The number of esters is 1. The van der Waals surface area contributed by atoms with E-state index in [0.717, 1.165) is 68.4 Å². The number of alkyl halides is 3. The first-order valence-electron chi connectivity index (χ1n) is 22.0. The molecule has 3 unspecified atom stereocenters. The average Bonchev–Trinajstić information content (AvgIpc) is 3.31. The van der Waals surface area contributed by atoms with Gasteiger partial charge in [-0.2, -0.15) is 13.2 Å². The fraction of sp³-hybridized carbons (Fsp3) is 0.420. The number of allylic oxidation sites excluding steroid dienone is 5. The molecule has 364 valence electrons. The second-order valence-corrected chi connectivity index (χ2v) is 16.1. The van der Waals surface area contributed by atoms with Crippen molar-refractivity contribution < 1.29 is 71.4 Å². The molecular formula is C50H59BrF3NO12. The van der Waals surface area contributed by atoms with Gasteiger partial charge in [0.15, 0.2) is 35.6 Å². The summed E-state index contributed by atoms with van der Waals surface area (Å²) in [4.78, 5) is 49.3. The van der Waals surface area contributed by atoms with E-state index >= 15 is 0 Å². The van der Waals surface area contributed by atoms with Crippen LogP contribution in [-0.2, 0) is 30.1 Å². The molecule has 0 radical (unpaired) electrons. The molecule has 2 aromatic carbocycles. The number of nitrogens with zero attached hydrogens (tertiary/aromatic N) is 1. The number of carboxylic acids is 3. The van der Waals surface area contributed by atoms with Gasteiger partial charge in [-0.3, -0.25) is 0 Å². The minimum Gasteiger partial charge on any atom is -0.493 e. The molecule has 5 rings (SSSR count). The number of methoxy groups -OCH3 is 1. The molecule has 0 amide bonds. The highest BCUT2D eigenvalue weighted by Gasteiger charge is 2.30. The van der Waals surface area contributed by atoms with Gasteiger partial charge in [0.2, 0.25) is 0 Å². The Labute approximate surface area is 397 Å². The summed E-state index contributed by atoms with van der Waals surface area (Å²) in [6.07, 6.45) is 15.4. The van der Waals surface area contributed by atoms with Crippen LogP contribution >= 0.6 is 15.9 Å². The highest BCUT2D eigenvalue weighted by Crippen LogP contribution is 2.33. The average molecular weight is 1000 g/mol. The minimum absolute atomic E-state index is 0.0875. The van der Waals surface area contributed by atoms with Crippen molar-refractivity contribution in [3.8, 4) is 23.0 Å². The van der Waals surface area contributed by atoms with Gasteiger partial charge in [0, 0.05) is 12.3 Å². The summed E-state index contributed by atoms with van der Waals surface area (Å²) in [7, 11) is 1.49. The lowest BCUT2D eigenvalue weighted by Gasteiger charge is -2.19. The van der Waals surface area contributed by atoms with Gasteiger partial charge in [0.05, 0.1) is 19.3 Å². The zero-order valence-corrected chi connectivity index (χ0v) is 39.3. The molecule has 0 saturated carbocycles. The Kier molecular flexibility index (Phi) is 24.3. The van der Waals surface area contributed by atoms with Crippen LogP contribution in [-0.4, -0.2) is 76.2 Å². The fourth-order valence-corrected chi connectivity index (χ4v) is 7.10. The predicted molar refractivity (Wildman–Crippen MR) is 249 cm³/mol. The Bertz CT molecular complexity index is 2160. The zero-order valence-electron chi connectivity index (χ0n) is 37.7. The number of ether oxygens (including phenoxy) is 5. The van der Waals surface area contributed by atoms with E-state index in [9.17, 15) is 42.6 Å². The number of pyridine rings is 1. The second-order valence-electron chi connectivity index (χ2n) is 15.3. The van der Waals surface area contributed by atoms with Crippen molar-refractivity contribution in [2.75, 3.05) is 13.7 Å².